The van der Waals surface area contributed by atoms with E-state index in [-0.39, 0.29) is 11.7 Å². The van der Waals surface area contributed by atoms with Gasteiger partial charge in [-0.15, -0.1) is 0 Å². The molecule has 0 aliphatic heterocycles. The number of benzene rings is 1. The fourth-order valence-corrected chi connectivity index (χ4v) is 1.92. The number of nitrogens with zero attached hydrogens (tertiary/aromatic N) is 1. The molecule has 21 heavy (non-hydrogen) atoms. The lowest BCUT2D eigenvalue weighted by Crippen LogP contribution is -2.22. The number of aromatic hydroxyl groups is 1. The van der Waals surface area contributed by atoms with Crippen molar-refractivity contribution in [3.63, 3.8) is 0 Å². The molecule has 0 atom stereocenters. The van der Waals surface area contributed by atoms with Crippen molar-refractivity contribution in [3.05, 3.63) is 53.3 Å². The largest absolute Gasteiger partial charge is 0.506 e. The van der Waals surface area contributed by atoms with E-state index in [1.165, 1.54) is 6.20 Å². The van der Waals surface area contributed by atoms with Gasteiger partial charge in [0.05, 0.1) is 18.4 Å². The van der Waals surface area contributed by atoms with E-state index in [2.05, 4.69) is 15.6 Å². The summed E-state index contributed by atoms with van der Waals surface area (Å²) in [6, 6.07) is 8.91. The van der Waals surface area contributed by atoms with Crippen molar-refractivity contribution >= 4 is 11.6 Å². The predicted octanol–water partition coefficient (Wildman–Crippen LogP) is 2.46. The molecule has 0 saturated heterocycles. The van der Waals surface area contributed by atoms with Crippen molar-refractivity contribution < 1.29 is 9.90 Å². The maximum Gasteiger partial charge on any atom is 0.251 e. The molecule has 5 nitrogen and oxygen atoms in total. The molecule has 0 bridgehead atoms. The Hall–Kier alpha value is -2.56. The highest BCUT2D eigenvalue weighted by atomic mass is 16.3. The lowest BCUT2D eigenvalue weighted by atomic mass is 10.1. The zero-order chi connectivity index (χ0) is 15.2. The minimum Gasteiger partial charge on any atom is -0.506 e. The maximum absolute atomic E-state index is 11.8. The molecule has 110 valence electrons. The van der Waals surface area contributed by atoms with Crippen LogP contribution in [0.3, 0.4) is 0 Å². The minimum absolute atomic E-state index is 0.0803. The third-order valence-corrected chi connectivity index (χ3v) is 3.11. The predicted molar refractivity (Wildman–Crippen MR) is 82.4 cm³/mol. The summed E-state index contributed by atoms with van der Waals surface area (Å²) in [6.07, 6.45) is 1.41. The number of hydrogen-bond acceptors (Lipinski definition) is 4. The number of anilines is 1. The molecule has 0 aliphatic rings. The molecule has 5 heteroatoms. The molecule has 1 aromatic carbocycles. The molecule has 0 unspecified atom stereocenters. The van der Waals surface area contributed by atoms with Crippen LogP contribution in [0, 0.1) is 6.92 Å². The number of nitrogens with one attached hydrogen (secondary N) is 2. The van der Waals surface area contributed by atoms with E-state index in [4.69, 9.17) is 0 Å². The molecule has 1 amide bonds. The van der Waals surface area contributed by atoms with Gasteiger partial charge in [0.2, 0.25) is 0 Å². The molecule has 2 aromatic rings. The van der Waals surface area contributed by atoms with Gasteiger partial charge in [-0.1, -0.05) is 6.07 Å². The molecule has 1 aromatic heterocycles. The van der Waals surface area contributed by atoms with Gasteiger partial charge in [-0.2, -0.15) is 0 Å². The van der Waals surface area contributed by atoms with Gasteiger partial charge in [0.1, 0.15) is 5.75 Å². The van der Waals surface area contributed by atoms with Crippen molar-refractivity contribution in [2.45, 2.75) is 20.4 Å². The SMILES string of the molecule is CCNC(=O)c1ccc(C)c(NCc2ccc(O)cn2)c1. The summed E-state index contributed by atoms with van der Waals surface area (Å²) >= 11 is 0. The Morgan fingerprint density at radius 3 is 2.76 bits per heavy atom. The zero-order valence-corrected chi connectivity index (χ0v) is 12.2. The van der Waals surface area contributed by atoms with Crippen LogP contribution < -0.4 is 10.6 Å². The molecule has 0 spiro atoms. The van der Waals surface area contributed by atoms with Crippen LogP contribution in [0.1, 0.15) is 28.5 Å². The molecule has 3 N–H and O–H groups in total. The van der Waals surface area contributed by atoms with Gasteiger partial charge in [0, 0.05) is 17.8 Å². The van der Waals surface area contributed by atoms with Gasteiger partial charge < -0.3 is 15.7 Å². The lowest BCUT2D eigenvalue weighted by Gasteiger charge is -2.11. The van der Waals surface area contributed by atoms with Gasteiger partial charge in [0.25, 0.3) is 5.91 Å². The quantitative estimate of drug-likeness (QED) is 0.789. The Balaban J connectivity index is 2.10. The molecule has 0 fully saturated rings. The number of amides is 1. The van der Waals surface area contributed by atoms with Gasteiger partial charge in [-0.05, 0) is 43.7 Å². The first-order chi connectivity index (χ1) is 10.1. The molecule has 0 aliphatic carbocycles. The summed E-state index contributed by atoms with van der Waals surface area (Å²) in [5.41, 5.74) is 3.40. The second kappa shape index (κ2) is 6.74. The topological polar surface area (TPSA) is 74.2 Å². The van der Waals surface area contributed by atoms with Crippen molar-refractivity contribution in [2.24, 2.45) is 0 Å². The Morgan fingerprint density at radius 2 is 2.10 bits per heavy atom. The lowest BCUT2D eigenvalue weighted by molar-refractivity contribution is 0.0956. The second-order valence-electron chi connectivity index (χ2n) is 4.75. The van der Waals surface area contributed by atoms with Crippen LogP contribution >= 0.6 is 0 Å². The van der Waals surface area contributed by atoms with E-state index in [1.807, 2.05) is 32.0 Å². The summed E-state index contributed by atoms with van der Waals surface area (Å²) in [4.78, 5) is 16.0. The summed E-state index contributed by atoms with van der Waals surface area (Å²) < 4.78 is 0. The van der Waals surface area contributed by atoms with E-state index < -0.39 is 0 Å². The molecule has 0 radical (unpaired) electrons. The zero-order valence-electron chi connectivity index (χ0n) is 12.2. The molecule has 2 rings (SSSR count). The fraction of sp³-hybridized carbons (Fsp3) is 0.250. The summed E-state index contributed by atoms with van der Waals surface area (Å²) in [5, 5.41) is 15.3. The van der Waals surface area contributed by atoms with Crippen LogP contribution in [0.4, 0.5) is 5.69 Å². The van der Waals surface area contributed by atoms with Gasteiger partial charge >= 0.3 is 0 Å². The molecule has 0 saturated carbocycles. The van der Waals surface area contributed by atoms with Crippen molar-refractivity contribution in [1.82, 2.24) is 10.3 Å². The first-order valence-electron chi connectivity index (χ1n) is 6.86. The second-order valence-corrected chi connectivity index (χ2v) is 4.75. The van der Waals surface area contributed by atoms with E-state index in [0.717, 1.165) is 16.9 Å². The highest BCUT2D eigenvalue weighted by molar-refractivity contribution is 5.95. The summed E-state index contributed by atoms with van der Waals surface area (Å²) in [7, 11) is 0. The number of pyridine rings is 1. The van der Waals surface area contributed by atoms with Crippen molar-refractivity contribution in [3.8, 4) is 5.75 Å². The highest BCUT2D eigenvalue weighted by Crippen LogP contribution is 2.18. The van der Waals surface area contributed by atoms with E-state index >= 15 is 0 Å². The van der Waals surface area contributed by atoms with Crippen LogP contribution in [0.25, 0.3) is 0 Å². The third kappa shape index (κ3) is 3.95. The van der Waals surface area contributed by atoms with Crippen molar-refractivity contribution in [2.75, 3.05) is 11.9 Å². The standard InChI is InChI=1S/C16H19N3O2/c1-3-17-16(21)12-5-4-11(2)15(8-12)19-9-13-6-7-14(20)10-18-13/h4-8,10,19-20H,3,9H2,1-2H3,(H,17,21). The first-order valence-corrected chi connectivity index (χ1v) is 6.86. The average Bonchev–Trinajstić information content (AvgIpc) is 2.48. The smallest absolute Gasteiger partial charge is 0.251 e. The highest BCUT2D eigenvalue weighted by Gasteiger charge is 2.07. The molecular formula is C16H19N3O2. The van der Waals surface area contributed by atoms with Crippen LogP contribution in [-0.4, -0.2) is 22.5 Å². The molecular weight excluding hydrogens is 266 g/mol. The number of carbonyl (C=O) groups is 1. The Kier molecular flexibility index (Phi) is 4.77. The molecule has 1 heterocycles. The van der Waals surface area contributed by atoms with Crippen LogP contribution in [0.5, 0.6) is 5.75 Å². The van der Waals surface area contributed by atoms with E-state index in [1.54, 1.807) is 12.1 Å². The van der Waals surface area contributed by atoms with Crippen LogP contribution in [-0.2, 0) is 6.54 Å². The number of rotatable bonds is 5. The Bertz CT molecular complexity index is 624. The fourth-order valence-electron chi connectivity index (χ4n) is 1.92. The van der Waals surface area contributed by atoms with E-state index in [9.17, 15) is 9.90 Å². The van der Waals surface area contributed by atoms with Gasteiger partial charge in [-0.3, -0.25) is 9.78 Å². The van der Waals surface area contributed by atoms with Crippen molar-refractivity contribution in [1.29, 1.82) is 0 Å². The first kappa shape index (κ1) is 14.8. The monoisotopic (exact) mass is 285 g/mol. The Labute approximate surface area is 124 Å². The average molecular weight is 285 g/mol. The maximum atomic E-state index is 11.8. The van der Waals surface area contributed by atoms with Gasteiger partial charge in [0.15, 0.2) is 0 Å². The summed E-state index contributed by atoms with van der Waals surface area (Å²) in [6.45, 7) is 5.00. The van der Waals surface area contributed by atoms with Gasteiger partial charge in [-0.25, -0.2) is 0 Å². The number of hydrogen-bond donors (Lipinski definition) is 3. The number of carbonyl (C=O) groups excluding carboxylic acids is 1. The third-order valence-electron chi connectivity index (χ3n) is 3.11. The number of aryl methyl sites for hydroxylation is 1. The minimum atomic E-state index is -0.0803. The Morgan fingerprint density at radius 1 is 1.29 bits per heavy atom. The normalized spacial score (nSPS) is 10.2. The van der Waals surface area contributed by atoms with E-state index in [0.29, 0.717) is 18.7 Å². The van der Waals surface area contributed by atoms with Crippen LogP contribution in [0.15, 0.2) is 36.5 Å². The van der Waals surface area contributed by atoms with Crippen LogP contribution in [0.2, 0.25) is 0 Å². The summed E-state index contributed by atoms with van der Waals surface area (Å²) in [5.74, 6) is 0.0662. The number of aromatic nitrogens is 1.